The second-order valence-corrected chi connectivity index (χ2v) is 6.46. The van der Waals surface area contributed by atoms with Crippen molar-refractivity contribution in [1.29, 1.82) is 0 Å². The maximum absolute atomic E-state index is 12.7. The second kappa shape index (κ2) is 5.52. The molecule has 114 valence electrons. The Balaban J connectivity index is 1.68. The van der Waals surface area contributed by atoms with Crippen molar-refractivity contribution in [2.45, 2.75) is 13.5 Å². The molecule has 0 saturated carbocycles. The van der Waals surface area contributed by atoms with Gasteiger partial charge in [-0.2, -0.15) is 5.10 Å². The Kier molecular flexibility index (Phi) is 3.35. The van der Waals surface area contributed by atoms with Crippen molar-refractivity contribution in [2.75, 3.05) is 4.90 Å². The van der Waals surface area contributed by atoms with E-state index in [0.717, 1.165) is 28.2 Å². The van der Waals surface area contributed by atoms with Gasteiger partial charge in [0.25, 0.3) is 5.91 Å². The summed E-state index contributed by atoms with van der Waals surface area (Å²) in [5.41, 5.74) is 4.84. The summed E-state index contributed by atoms with van der Waals surface area (Å²) in [5, 5.41) is 9.41. The monoisotopic (exact) mass is 321 g/mol. The number of thiophene rings is 1. The van der Waals surface area contributed by atoms with Crippen LogP contribution in [0.2, 0.25) is 0 Å². The molecule has 2 aromatic heterocycles. The van der Waals surface area contributed by atoms with Gasteiger partial charge in [0.15, 0.2) is 0 Å². The number of nitrogens with zero attached hydrogens (tertiary/aromatic N) is 2. The van der Waals surface area contributed by atoms with E-state index in [9.17, 15) is 4.79 Å². The Labute approximate surface area is 138 Å². The molecule has 0 atom stereocenters. The number of H-pyrrole nitrogens is 1. The largest absolute Gasteiger partial charge is 0.300 e. The van der Waals surface area contributed by atoms with Crippen molar-refractivity contribution in [3.63, 3.8) is 0 Å². The number of anilines is 1. The molecular weight excluding hydrogens is 306 g/mol. The van der Waals surface area contributed by atoms with Gasteiger partial charge in [0, 0.05) is 16.5 Å². The van der Waals surface area contributed by atoms with E-state index < -0.39 is 0 Å². The van der Waals surface area contributed by atoms with Gasteiger partial charge in [-0.15, -0.1) is 11.3 Å². The lowest BCUT2D eigenvalue weighted by Crippen LogP contribution is -2.31. The van der Waals surface area contributed by atoms with E-state index in [0.29, 0.717) is 6.54 Å². The Hall–Kier alpha value is -2.66. The number of aryl methyl sites for hydroxylation is 1. The van der Waals surface area contributed by atoms with Crippen LogP contribution in [0.25, 0.3) is 17.3 Å². The highest BCUT2D eigenvalue weighted by atomic mass is 32.1. The highest BCUT2D eigenvalue weighted by Gasteiger charge is 2.29. The van der Waals surface area contributed by atoms with Crippen LogP contribution in [0.3, 0.4) is 0 Å². The first-order chi connectivity index (χ1) is 11.2. The van der Waals surface area contributed by atoms with Crippen molar-refractivity contribution in [2.24, 2.45) is 0 Å². The predicted octanol–water partition coefficient (Wildman–Crippen LogP) is 4.01. The summed E-state index contributed by atoms with van der Waals surface area (Å²) in [6, 6.07) is 11.9. The number of fused-ring (bicyclic) bond motifs is 3. The van der Waals surface area contributed by atoms with E-state index in [1.807, 2.05) is 43.3 Å². The van der Waals surface area contributed by atoms with Gasteiger partial charge in [0.05, 0.1) is 23.6 Å². The van der Waals surface area contributed by atoms with Crippen LogP contribution < -0.4 is 4.90 Å². The quantitative estimate of drug-likeness (QED) is 0.725. The van der Waals surface area contributed by atoms with Gasteiger partial charge >= 0.3 is 0 Å². The Morgan fingerprint density at radius 3 is 2.96 bits per heavy atom. The summed E-state index contributed by atoms with van der Waals surface area (Å²) in [5.74, 6) is -0.0290. The highest BCUT2D eigenvalue weighted by molar-refractivity contribution is 7.10. The molecule has 1 amide bonds. The van der Waals surface area contributed by atoms with Gasteiger partial charge in [-0.1, -0.05) is 30.3 Å². The third-order valence-corrected chi connectivity index (χ3v) is 4.89. The van der Waals surface area contributed by atoms with Crippen LogP contribution in [0.15, 0.2) is 47.9 Å². The second-order valence-electron chi connectivity index (χ2n) is 5.46. The Morgan fingerprint density at radius 2 is 2.13 bits per heavy atom. The predicted molar refractivity (Wildman–Crippen MR) is 93.3 cm³/mol. The van der Waals surface area contributed by atoms with Gasteiger partial charge in [0.1, 0.15) is 0 Å². The van der Waals surface area contributed by atoms with E-state index >= 15 is 0 Å². The van der Waals surface area contributed by atoms with Crippen LogP contribution in [-0.2, 0) is 11.3 Å². The summed E-state index contributed by atoms with van der Waals surface area (Å²) in [6.07, 6.45) is 3.48. The van der Waals surface area contributed by atoms with Crippen molar-refractivity contribution >= 4 is 29.0 Å². The summed E-state index contributed by atoms with van der Waals surface area (Å²) >= 11 is 1.67. The zero-order chi connectivity index (χ0) is 15.8. The fraction of sp³-hybridized carbons (Fsp3) is 0.111. The van der Waals surface area contributed by atoms with Crippen LogP contribution in [0, 0.1) is 6.92 Å². The molecule has 5 heteroatoms. The summed E-state index contributed by atoms with van der Waals surface area (Å²) < 4.78 is 0. The number of hydrogen-bond donors (Lipinski definition) is 1. The molecule has 0 saturated heterocycles. The van der Waals surface area contributed by atoms with E-state index in [1.54, 1.807) is 22.3 Å². The molecule has 0 bridgehead atoms. The first-order valence-electron chi connectivity index (χ1n) is 7.40. The average molecular weight is 321 g/mol. The number of rotatable bonds is 2. The third kappa shape index (κ3) is 2.39. The fourth-order valence-corrected chi connectivity index (χ4v) is 3.73. The third-order valence-electron chi connectivity index (χ3n) is 3.99. The minimum absolute atomic E-state index is 0.0290. The van der Waals surface area contributed by atoms with Crippen molar-refractivity contribution in [3.05, 3.63) is 64.0 Å². The number of amides is 1. The molecule has 3 heterocycles. The Bertz CT molecular complexity index is 892. The number of carbonyl (C=O) groups excluding carboxylic acids is 1. The minimum atomic E-state index is -0.0290. The van der Waals surface area contributed by atoms with Crippen LogP contribution in [0.4, 0.5) is 5.69 Å². The normalized spacial score (nSPS) is 13.2. The standard InChI is InChI=1S/C18H15N3OS/c1-12-18-17(20-19-12)14-9-10-23-15(14)11-21(18)16(22)8-7-13-5-3-2-4-6-13/h2-10H,11H2,1H3,(H,19,20)/b8-7+. The lowest BCUT2D eigenvalue weighted by molar-refractivity contribution is -0.114. The Morgan fingerprint density at radius 1 is 1.30 bits per heavy atom. The molecule has 0 spiro atoms. The van der Waals surface area contributed by atoms with E-state index in [2.05, 4.69) is 21.6 Å². The molecule has 1 N–H and O–H groups in total. The fourth-order valence-electron chi connectivity index (χ4n) is 2.86. The lowest BCUT2D eigenvalue weighted by atomic mass is 10.1. The van der Waals surface area contributed by atoms with E-state index in [4.69, 9.17) is 0 Å². The maximum atomic E-state index is 12.7. The van der Waals surface area contributed by atoms with Gasteiger partial charge in [0.2, 0.25) is 0 Å². The molecule has 0 fully saturated rings. The van der Waals surface area contributed by atoms with Crippen molar-refractivity contribution in [1.82, 2.24) is 10.2 Å². The number of aromatic nitrogens is 2. The maximum Gasteiger partial charge on any atom is 0.251 e. The summed E-state index contributed by atoms with van der Waals surface area (Å²) in [6.45, 7) is 2.52. The van der Waals surface area contributed by atoms with Crippen molar-refractivity contribution < 1.29 is 4.79 Å². The van der Waals surface area contributed by atoms with Crippen molar-refractivity contribution in [3.8, 4) is 11.3 Å². The SMILES string of the molecule is Cc1n[nH]c2c1N(C(=O)/C=C/c1ccccc1)Cc1sccc1-2. The first-order valence-corrected chi connectivity index (χ1v) is 8.28. The zero-order valence-corrected chi connectivity index (χ0v) is 13.4. The molecule has 4 nitrogen and oxygen atoms in total. The number of benzene rings is 1. The number of hydrogen-bond acceptors (Lipinski definition) is 3. The number of aromatic amines is 1. The first kappa shape index (κ1) is 14.0. The van der Waals surface area contributed by atoms with Gasteiger partial charge in [-0.05, 0) is 30.0 Å². The lowest BCUT2D eigenvalue weighted by Gasteiger charge is -2.26. The van der Waals surface area contributed by atoms with Gasteiger partial charge in [-0.25, -0.2) is 0 Å². The molecular formula is C18H15N3OS. The molecule has 0 unspecified atom stereocenters. The van der Waals surface area contributed by atoms with Gasteiger partial charge in [-0.3, -0.25) is 14.8 Å². The summed E-state index contributed by atoms with van der Waals surface area (Å²) in [7, 11) is 0. The average Bonchev–Trinajstić information content (AvgIpc) is 3.19. The number of nitrogens with one attached hydrogen (secondary N) is 1. The van der Waals surface area contributed by atoms with Crippen LogP contribution in [0.5, 0.6) is 0 Å². The molecule has 1 aliphatic heterocycles. The molecule has 1 aliphatic rings. The van der Waals surface area contributed by atoms with E-state index in [1.165, 1.54) is 4.88 Å². The smallest absolute Gasteiger partial charge is 0.251 e. The molecule has 3 aromatic rings. The highest BCUT2D eigenvalue weighted by Crippen LogP contribution is 2.41. The molecule has 0 aliphatic carbocycles. The topological polar surface area (TPSA) is 49.0 Å². The zero-order valence-electron chi connectivity index (χ0n) is 12.6. The minimum Gasteiger partial charge on any atom is -0.300 e. The summed E-state index contributed by atoms with van der Waals surface area (Å²) in [4.78, 5) is 15.7. The van der Waals surface area contributed by atoms with Crippen LogP contribution >= 0.6 is 11.3 Å². The number of carbonyl (C=O) groups is 1. The van der Waals surface area contributed by atoms with Crippen LogP contribution in [-0.4, -0.2) is 16.1 Å². The van der Waals surface area contributed by atoms with Gasteiger partial charge < -0.3 is 0 Å². The molecule has 0 radical (unpaired) electrons. The molecule has 4 rings (SSSR count). The van der Waals surface area contributed by atoms with E-state index in [-0.39, 0.29) is 5.91 Å². The molecule has 1 aromatic carbocycles. The van der Waals surface area contributed by atoms with Crippen LogP contribution in [0.1, 0.15) is 16.1 Å². The molecule has 23 heavy (non-hydrogen) atoms.